The van der Waals surface area contributed by atoms with Crippen LogP contribution in [0.1, 0.15) is 5.56 Å². The maximum atomic E-state index is 5.54. The molecule has 0 radical (unpaired) electrons. The van der Waals surface area contributed by atoms with Gasteiger partial charge in [0.2, 0.25) is 0 Å². The van der Waals surface area contributed by atoms with E-state index in [0.29, 0.717) is 6.79 Å². The van der Waals surface area contributed by atoms with Gasteiger partial charge in [0, 0.05) is 20.0 Å². The number of rotatable bonds is 7. The second-order valence-electron chi connectivity index (χ2n) is 5.26. The molecule has 0 aliphatic heterocycles. The summed E-state index contributed by atoms with van der Waals surface area (Å²) in [7, 11) is -0.988. The van der Waals surface area contributed by atoms with Gasteiger partial charge >= 0.3 is 0 Å². The van der Waals surface area contributed by atoms with Gasteiger partial charge in [-0.3, -0.25) is 0 Å². The van der Waals surface area contributed by atoms with Crippen LogP contribution >= 0.6 is 15.9 Å². The molecule has 0 N–H and O–H groups in total. The van der Waals surface area contributed by atoms with Crippen molar-refractivity contribution in [2.75, 3.05) is 13.4 Å². The molecule has 0 unspecified atom stereocenters. The SMILES string of the molecule is C[Si](C)(C)CCOCOc1cccc(CBr)c1. The third kappa shape index (κ3) is 6.86. The number of ether oxygens (including phenoxy) is 2. The molecule has 1 aromatic rings. The van der Waals surface area contributed by atoms with Crippen molar-refractivity contribution in [1.29, 1.82) is 0 Å². The average Bonchev–Trinajstić information content (AvgIpc) is 2.27. The lowest BCUT2D eigenvalue weighted by molar-refractivity contribution is 0.0220. The van der Waals surface area contributed by atoms with Crippen molar-refractivity contribution >= 4 is 24.0 Å². The first-order chi connectivity index (χ1) is 8.01. The van der Waals surface area contributed by atoms with E-state index in [1.807, 2.05) is 18.2 Å². The lowest BCUT2D eigenvalue weighted by Gasteiger charge is -2.15. The highest BCUT2D eigenvalue weighted by molar-refractivity contribution is 9.08. The minimum absolute atomic E-state index is 0.343. The molecule has 4 heteroatoms. The molecule has 0 amide bonds. The Morgan fingerprint density at radius 1 is 1.24 bits per heavy atom. The van der Waals surface area contributed by atoms with Crippen molar-refractivity contribution in [3.8, 4) is 5.75 Å². The van der Waals surface area contributed by atoms with Crippen molar-refractivity contribution < 1.29 is 9.47 Å². The zero-order chi connectivity index (χ0) is 12.7. The quantitative estimate of drug-likeness (QED) is 0.323. The smallest absolute Gasteiger partial charge is 0.189 e. The summed E-state index contributed by atoms with van der Waals surface area (Å²) in [4.78, 5) is 0. The predicted octanol–water partition coefficient (Wildman–Crippen LogP) is 4.27. The van der Waals surface area contributed by atoms with Gasteiger partial charge in [0.15, 0.2) is 6.79 Å². The maximum absolute atomic E-state index is 5.54. The first-order valence-electron chi connectivity index (χ1n) is 5.87. The van der Waals surface area contributed by atoms with Crippen LogP contribution in [0.15, 0.2) is 24.3 Å². The Hall–Kier alpha value is -0.323. The number of alkyl halides is 1. The number of benzene rings is 1. The fourth-order valence-electron chi connectivity index (χ4n) is 1.27. The van der Waals surface area contributed by atoms with Crippen LogP contribution < -0.4 is 4.74 Å². The molecule has 0 atom stereocenters. The van der Waals surface area contributed by atoms with E-state index in [1.165, 1.54) is 11.6 Å². The number of hydrogen-bond acceptors (Lipinski definition) is 2. The Balaban J connectivity index is 2.22. The van der Waals surface area contributed by atoms with Gasteiger partial charge in [0.25, 0.3) is 0 Å². The second kappa shape index (κ2) is 7.19. The summed E-state index contributed by atoms with van der Waals surface area (Å²) in [6.07, 6.45) is 0. The van der Waals surface area contributed by atoms with Crippen LogP contribution in [0, 0.1) is 0 Å². The molecule has 2 nitrogen and oxygen atoms in total. The summed E-state index contributed by atoms with van der Waals surface area (Å²) in [6.45, 7) is 8.17. The summed E-state index contributed by atoms with van der Waals surface area (Å²) in [6, 6.07) is 9.21. The lowest BCUT2D eigenvalue weighted by atomic mass is 10.2. The van der Waals surface area contributed by atoms with E-state index in [1.54, 1.807) is 0 Å². The van der Waals surface area contributed by atoms with Gasteiger partial charge in [-0.15, -0.1) is 0 Å². The highest BCUT2D eigenvalue weighted by Crippen LogP contribution is 2.15. The summed E-state index contributed by atoms with van der Waals surface area (Å²) in [5, 5.41) is 0.848. The maximum Gasteiger partial charge on any atom is 0.189 e. The van der Waals surface area contributed by atoms with E-state index in [4.69, 9.17) is 9.47 Å². The first kappa shape index (κ1) is 14.7. The largest absolute Gasteiger partial charge is 0.468 e. The lowest BCUT2D eigenvalue weighted by Crippen LogP contribution is -2.22. The number of halogens is 1. The molecular weight excluding hydrogens is 296 g/mol. The van der Waals surface area contributed by atoms with Gasteiger partial charge in [-0.25, -0.2) is 0 Å². The minimum Gasteiger partial charge on any atom is -0.468 e. The van der Waals surface area contributed by atoms with Gasteiger partial charge in [0.05, 0.1) is 0 Å². The summed E-state index contributed by atoms with van der Waals surface area (Å²) in [5.74, 6) is 0.870. The van der Waals surface area contributed by atoms with E-state index in [2.05, 4.69) is 41.6 Å². The summed E-state index contributed by atoms with van der Waals surface area (Å²) < 4.78 is 11.0. The molecule has 0 fully saturated rings. The Bertz CT molecular complexity index is 336. The van der Waals surface area contributed by atoms with Gasteiger partial charge in [0.1, 0.15) is 5.75 Å². The van der Waals surface area contributed by atoms with E-state index >= 15 is 0 Å². The van der Waals surface area contributed by atoms with Crippen LogP contribution in [0.2, 0.25) is 25.7 Å². The van der Waals surface area contributed by atoms with Crippen LogP contribution in [0.5, 0.6) is 5.75 Å². The molecule has 1 aromatic carbocycles. The second-order valence-corrected chi connectivity index (χ2v) is 11.4. The molecule has 0 saturated heterocycles. The van der Waals surface area contributed by atoms with Crippen molar-refractivity contribution in [3.63, 3.8) is 0 Å². The first-order valence-corrected chi connectivity index (χ1v) is 10.7. The molecule has 0 bridgehead atoms. The topological polar surface area (TPSA) is 18.5 Å². The zero-order valence-corrected chi connectivity index (χ0v) is 13.4. The van der Waals surface area contributed by atoms with Crippen LogP contribution in [0.3, 0.4) is 0 Å². The predicted molar refractivity (Wildman–Crippen MR) is 78.7 cm³/mol. The van der Waals surface area contributed by atoms with E-state index < -0.39 is 8.07 Å². The highest BCUT2D eigenvalue weighted by atomic mass is 79.9. The van der Waals surface area contributed by atoms with E-state index in [9.17, 15) is 0 Å². The molecule has 0 saturated carbocycles. The molecule has 0 spiro atoms. The number of hydrogen-bond donors (Lipinski definition) is 0. The monoisotopic (exact) mass is 316 g/mol. The average molecular weight is 317 g/mol. The molecule has 96 valence electrons. The Kier molecular flexibility index (Phi) is 6.23. The molecular formula is C13H21BrO2Si. The molecule has 1 rings (SSSR count). The van der Waals surface area contributed by atoms with Crippen LogP contribution in [0.4, 0.5) is 0 Å². The normalized spacial score (nSPS) is 11.5. The third-order valence-corrected chi connectivity index (χ3v) is 4.71. The summed E-state index contributed by atoms with van der Waals surface area (Å²) >= 11 is 3.42. The summed E-state index contributed by atoms with van der Waals surface area (Å²) in [5.41, 5.74) is 1.21. The molecule has 0 aliphatic carbocycles. The van der Waals surface area contributed by atoms with E-state index in [-0.39, 0.29) is 0 Å². The van der Waals surface area contributed by atoms with Crippen molar-refractivity contribution in [3.05, 3.63) is 29.8 Å². The van der Waals surface area contributed by atoms with Crippen molar-refractivity contribution in [2.45, 2.75) is 31.0 Å². The minimum atomic E-state index is -0.988. The molecule has 0 aliphatic rings. The van der Waals surface area contributed by atoms with Gasteiger partial charge in [-0.05, 0) is 23.7 Å². The van der Waals surface area contributed by atoms with Gasteiger partial charge in [-0.1, -0.05) is 47.7 Å². The fourth-order valence-corrected chi connectivity index (χ4v) is 2.37. The molecule has 0 heterocycles. The Labute approximate surface area is 113 Å². The van der Waals surface area contributed by atoms with Crippen LogP contribution in [0.25, 0.3) is 0 Å². The van der Waals surface area contributed by atoms with Crippen molar-refractivity contribution in [1.82, 2.24) is 0 Å². The third-order valence-electron chi connectivity index (χ3n) is 2.36. The molecule has 0 aromatic heterocycles. The van der Waals surface area contributed by atoms with Crippen molar-refractivity contribution in [2.24, 2.45) is 0 Å². The van der Waals surface area contributed by atoms with Crippen LogP contribution in [-0.4, -0.2) is 21.5 Å². The Morgan fingerprint density at radius 3 is 2.65 bits per heavy atom. The highest BCUT2D eigenvalue weighted by Gasteiger charge is 2.11. The molecule has 17 heavy (non-hydrogen) atoms. The van der Waals surface area contributed by atoms with Gasteiger partial charge in [-0.2, -0.15) is 0 Å². The fraction of sp³-hybridized carbons (Fsp3) is 0.538. The van der Waals surface area contributed by atoms with Gasteiger partial charge < -0.3 is 9.47 Å². The Morgan fingerprint density at radius 2 is 2.00 bits per heavy atom. The van der Waals surface area contributed by atoms with Crippen LogP contribution in [-0.2, 0) is 10.1 Å². The van der Waals surface area contributed by atoms with E-state index in [0.717, 1.165) is 17.7 Å². The standard InChI is InChI=1S/C13H21BrO2Si/c1-17(2,3)8-7-15-11-16-13-6-4-5-12(9-13)10-14/h4-6,9H,7-8,10-11H2,1-3H3. The zero-order valence-electron chi connectivity index (χ0n) is 10.8.